The smallest absolute Gasteiger partial charge is 0.0445 e. The van der Waals surface area contributed by atoms with Gasteiger partial charge in [0.05, 0.1) is 0 Å². The summed E-state index contributed by atoms with van der Waals surface area (Å²) in [5.41, 5.74) is 8.21. The maximum Gasteiger partial charge on any atom is 0.0445 e. The molecule has 4 heteroatoms. The van der Waals surface area contributed by atoms with Crippen LogP contribution in [0.3, 0.4) is 0 Å². The standard InChI is InChI=1S/C13H22N4/c1-16(2)10-12-4-3-7-17(12)13-5-6-15-9-11(13)8-14/h5-6,9,12H,3-4,7-8,10,14H2,1-2H3. The van der Waals surface area contributed by atoms with E-state index < -0.39 is 0 Å². The minimum absolute atomic E-state index is 0.564. The van der Waals surface area contributed by atoms with Crippen LogP contribution in [0.1, 0.15) is 18.4 Å². The third-order valence-corrected chi connectivity index (χ3v) is 3.36. The maximum absolute atomic E-state index is 5.79. The fourth-order valence-electron chi connectivity index (χ4n) is 2.62. The van der Waals surface area contributed by atoms with Crippen LogP contribution < -0.4 is 10.6 Å². The van der Waals surface area contributed by atoms with Crippen LogP contribution in [0.15, 0.2) is 18.5 Å². The first-order chi connectivity index (χ1) is 8.22. The number of hydrogen-bond donors (Lipinski definition) is 1. The number of anilines is 1. The fourth-order valence-corrected chi connectivity index (χ4v) is 2.62. The molecule has 1 aliphatic heterocycles. The van der Waals surface area contributed by atoms with Crippen molar-refractivity contribution in [3.63, 3.8) is 0 Å². The van der Waals surface area contributed by atoms with Gasteiger partial charge in [-0.1, -0.05) is 0 Å². The van der Waals surface area contributed by atoms with Gasteiger partial charge in [0.1, 0.15) is 0 Å². The van der Waals surface area contributed by atoms with E-state index in [0.717, 1.165) is 18.7 Å². The lowest BCUT2D eigenvalue weighted by molar-refractivity contribution is 0.372. The summed E-state index contributed by atoms with van der Waals surface area (Å²) in [4.78, 5) is 8.90. The largest absolute Gasteiger partial charge is 0.367 e. The third-order valence-electron chi connectivity index (χ3n) is 3.36. The zero-order valence-corrected chi connectivity index (χ0v) is 10.8. The highest BCUT2D eigenvalue weighted by Crippen LogP contribution is 2.28. The molecule has 1 aromatic rings. The first-order valence-electron chi connectivity index (χ1n) is 6.26. The number of hydrogen-bond acceptors (Lipinski definition) is 4. The second kappa shape index (κ2) is 5.47. The zero-order valence-electron chi connectivity index (χ0n) is 10.8. The van der Waals surface area contributed by atoms with Crippen molar-refractivity contribution in [2.75, 3.05) is 32.1 Å². The molecule has 0 aromatic carbocycles. The Labute approximate surface area is 103 Å². The first-order valence-corrected chi connectivity index (χ1v) is 6.26. The molecular formula is C13H22N4. The Morgan fingerprint density at radius 1 is 1.53 bits per heavy atom. The molecule has 1 atom stereocenters. The van der Waals surface area contributed by atoms with Crippen LogP contribution >= 0.6 is 0 Å². The van der Waals surface area contributed by atoms with Gasteiger partial charge in [0.15, 0.2) is 0 Å². The molecule has 1 unspecified atom stereocenters. The van der Waals surface area contributed by atoms with Crippen LogP contribution in [0.2, 0.25) is 0 Å². The summed E-state index contributed by atoms with van der Waals surface area (Å²) in [5, 5.41) is 0. The van der Waals surface area contributed by atoms with Gasteiger partial charge >= 0.3 is 0 Å². The lowest BCUT2D eigenvalue weighted by Gasteiger charge is -2.30. The van der Waals surface area contributed by atoms with Crippen molar-refractivity contribution in [2.45, 2.75) is 25.4 Å². The number of aromatic nitrogens is 1. The van der Waals surface area contributed by atoms with Crippen LogP contribution in [-0.4, -0.2) is 43.1 Å². The Kier molecular flexibility index (Phi) is 3.97. The molecule has 2 rings (SSSR count). The van der Waals surface area contributed by atoms with Crippen molar-refractivity contribution in [3.05, 3.63) is 24.0 Å². The number of pyridine rings is 1. The Morgan fingerprint density at radius 2 is 2.35 bits per heavy atom. The van der Waals surface area contributed by atoms with Gasteiger partial charge in [-0.05, 0) is 33.0 Å². The predicted octanol–water partition coefficient (Wildman–Crippen LogP) is 1.07. The van der Waals surface area contributed by atoms with E-state index in [1.807, 2.05) is 12.4 Å². The quantitative estimate of drug-likeness (QED) is 0.846. The van der Waals surface area contributed by atoms with Crippen molar-refractivity contribution >= 4 is 5.69 Å². The van der Waals surface area contributed by atoms with Gasteiger partial charge in [-0.2, -0.15) is 0 Å². The van der Waals surface area contributed by atoms with E-state index in [0.29, 0.717) is 12.6 Å². The maximum atomic E-state index is 5.79. The molecule has 0 radical (unpaired) electrons. The van der Waals surface area contributed by atoms with Crippen LogP contribution in [0, 0.1) is 0 Å². The topological polar surface area (TPSA) is 45.4 Å². The third kappa shape index (κ3) is 2.76. The molecule has 17 heavy (non-hydrogen) atoms. The second-order valence-corrected chi connectivity index (χ2v) is 4.96. The molecule has 1 aliphatic rings. The molecule has 0 amide bonds. The second-order valence-electron chi connectivity index (χ2n) is 4.96. The summed E-state index contributed by atoms with van der Waals surface area (Å²) in [6, 6.07) is 2.70. The molecule has 1 fully saturated rings. The Balaban J connectivity index is 2.19. The van der Waals surface area contributed by atoms with Crippen LogP contribution in [0.5, 0.6) is 0 Å². The number of likely N-dealkylation sites (N-methyl/N-ethyl adjacent to an activating group) is 1. The van der Waals surface area contributed by atoms with Crippen molar-refractivity contribution < 1.29 is 0 Å². The summed E-state index contributed by atoms with van der Waals surface area (Å²) >= 11 is 0. The molecule has 1 aromatic heterocycles. The van der Waals surface area contributed by atoms with Gasteiger partial charge in [-0.15, -0.1) is 0 Å². The van der Waals surface area contributed by atoms with Gasteiger partial charge in [-0.3, -0.25) is 4.98 Å². The normalized spacial score (nSPS) is 20.2. The van der Waals surface area contributed by atoms with E-state index in [2.05, 4.69) is 34.9 Å². The van der Waals surface area contributed by atoms with Gasteiger partial charge < -0.3 is 15.5 Å². The van der Waals surface area contributed by atoms with E-state index >= 15 is 0 Å². The highest BCUT2D eigenvalue weighted by molar-refractivity contribution is 5.54. The van der Waals surface area contributed by atoms with Crippen molar-refractivity contribution in [2.24, 2.45) is 5.73 Å². The van der Waals surface area contributed by atoms with Gasteiger partial charge in [0.2, 0.25) is 0 Å². The Morgan fingerprint density at radius 3 is 3.06 bits per heavy atom. The van der Waals surface area contributed by atoms with Crippen LogP contribution in [-0.2, 0) is 6.54 Å². The number of rotatable bonds is 4. The summed E-state index contributed by atoms with van der Waals surface area (Å²) in [6.45, 7) is 2.80. The van der Waals surface area contributed by atoms with Crippen molar-refractivity contribution in [1.82, 2.24) is 9.88 Å². The summed E-state index contributed by atoms with van der Waals surface area (Å²) < 4.78 is 0. The van der Waals surface area contributed by atoms with E-state index in [1.165, 1.54) is 18.5 Å². The molecular weight excluding hydrogens is 212 g/mol. The SMILES string of the molecule is CN(C)CC1CCCN1c1ccncc1CN. The Hall–Kier alpha value is -1.13. The lowest BCUT2D eigenvalue weighted by Crippen LogP contribution is -2.38. The number of nitrogens with zero attached hydrogens (tertiary/aromatic N) is 3. The first kappa shape index (κ1) is 12.3. The highest BCUT2D eigenvalue weighted by atomic mass is 15.2. The lowest BCUT2D eigenvalue weighted by atomic mass is 10.1. The van der Waals surface area contributed by atoms with E-state index in [-0.39, 0.29) is 0 Å². The molecule has 0 aliphatic carbocycles. The van der Waals surface area contributed by atoms with Crippen LogP contribution in [0.25, 0.3) is 0 Å². The summed E-state index contributed by atoms with van der Waals surface area (Å²) in [5.74, 6) is 0. The molecule has 2 heterocycles. The predicted molar refractivity (Wildman–Crippen MR) is 71.1 cm³/mol. The molecule has 2 N–H and O–H groups in total. The Bertz CT molecular complexity index is 364. The van der Waals surface area contributed by atoms with Crippen molar-refractivity contribution in [1.29, 1.82) is 0 Å². The molecule has 0 spiro atoms. The minimum atomic E-state index is 0.564. The summed E-state index contributed by atoms with van der Waals surface area (Å²) in [6.07, 6.45) is 6.29. The fraction of sp³-hybridized carbons (Fsp3) is 0.615. The average molecular weight is 234 g/mol. The molecule has 94 valence electrons. The monoisotopic (exact) mass is 234 g/mol. The van der Waals surface area contributed by atoms with Gasteiger partial charge in [-0.25, -0.2) is 0 Å². The number of nitrogens with two attached hydrogens (primary N) is 1. The average Bonchev–Trinajstić information content (AvgIpc) is 2.76. The van der Waals surface area contributed by atoms with E-state index in [9.17, 15) is 0 Å². The van der Waals surface area contributed by atoms with Crippen molar-refractivity contribution in [3.8, 4) is 0 Å². The zero-order chi connectivity index (χ0) is 12.3. The molecule has 0 saturated carbocycles. The van der Waals surface area contributed by atoms with E-state index in [4.69, 9.17) is 5.73 Å². The molecule has 4 nitrogen and oxygen atoms in total. The van der Waals surface area contributed by atoms with Gasteiger partial charge in [0.25, 0.3) is 0 Å². The highest BCUT2D eigenvalue weighted by Gasteiger charge is 2.26. The van der Waals surface area contributed by atoms with Crippen LogP contribution in [0.4, 0.5) is 5.69 Å². The molecule has 0 bridgehead atoms. The molecule has 1 saturated heterocycles. The summed E-state index contributed by atoms with van der Waals surface area (Å²) in [7, 11) is 4.26. The van der Waals surface area contributed by atoms with E-state index in [1.54, 1.807) is 0 Å². The van der Waals surface area contributed by atoms with Gasteiger partial charge in [0, 0.05) is 49.3 Å². The minimum Gasteiger partial charge on any atom is -0.367 e.